The molecule has 0 saturated heterocycles. The summed E-state index contributed by atoms with van der Waals surface area (Å²) in [6.07, 6.45) is 14.0. The van der Waals surface area contributed by atoms with Gasteiger partial charge in [-0.2, -0.15) is 0 Å². The van der Waals surface area contributed by atoms with Gasteiger partial charge in [0.2, 0.25) is 0 Å². The van der Waals surface area contributed by atoms with Gasteiger partial charge in [-0.25, -0.2) is 0 Å². The Labute approximate surface area is 185 Å². The first-order valence-corrected chi connectivity index (χ1v) is 12.8. The van der Waals surface area contributed by atoms with Crippen LogP contribution < -0.4 is 0 Å². The Balaban J connectivity index is 1.86. The first-order valence-electron chi connectivity index (χ1n) is 12.8. The molecule has 2 fully saturated rings. The molecule has 162 valence electrons. The zero-order valence-corrected chi connectivity index (χ0v) is 19.8. The third kappa shape index (κ3) is 4.68. The topological polar surface area (TPSA) is 0 Å². The van der Waals surface area contributed by atoms with Crippen molar-refractivity contribution < 1.29 is 0 Å². The lowest BCUT2D eigenvalue weighted by Gasteiger charge is -2.28. The van der Waals surface area contributed by atoms with Crippen molar-refractivity contribution in [1.29, 1.82) is 0 Å². The third-order valence-electron chi connectivity index (χ3n) is 7.79. The molecule has 2 aromatic rings. The van der Waals surface area contributed by atoms with E-state index in [2.05, 4.69) is 64.1 Å². The molecule has 0 amide bonds. The van der Waals surface area contributed by atoms with Crippen LogP contribution in [0.25, 0.3) is 11.1 Å². The lowest BCUT2D eigenvalue weighted by Crippen LogP contribution is -2.09. The Kier molecular flexibility index (Phi) is 7.01. The van der Waals surface area contributed by atoms with E-state index in [1.54, 1.807) is 11.1 Å². The van der Waals surface area contributed by atoms with Crippen LogP contribution in [-0.4, -0.2) is 0 Å². The summed E-state index contributed by atoms with van der Waals surface area (Å²) in [5.41, 5.74) is 9.37. The third-order valence-corrected chi connectivity index (χ3v) is 7.79. The predicted octanol–water partition coefficient (Wildman–Crippen LogP) is 9.70. The summed E-state index contributed by atoms with van der Waals surface area (Å²) >= 11 is 0. The van der Waals surface area contributed by atoms with Crippen LogP contribution in [0.3, 0.4) is 0 Å². The van der Waals surface area contributed by atoms with Crippen LogP contribution >= 0.6 is 0 Å². The second-order valence-electron chi connectivity index (χ2n) is 10.7. The summed E-state index contributed by atoms with van der Waals surface area (Å²) in [5.74, 6) is 2.65. The maximum atomic E-state index is 2.63. The van der Waals surface area contributed by atoms with Gasteiger partial charge in [0.05, 0.1) is 0 Å². The van der Waals surface area contributed by atoms with Crippen molar-refractivity contribution in [3.8, 4) is 11.1 Å². The molecule has 0 N–H and O–H groups in total. The number of hydrogen-bond acceptors (Lipinski definition) is 0. The molecule has 0 nitrogen and oxygen atoms in total. The molecule has 0 unspecified atom stereocenters. The zero-order valence-electron chi connectivity index (χ0n) is 19.8. The fraction of sp³-hybridized carbons (Fsp3) is 0.600. The standard InChI is InChI=1S/C30H42/c1-21(2)28-16-11-17-29(22(3)4)30(28)27-19-25(23-12-7-5-8-13-23)18-26(20-27)24-14-9-6-10-15-24/h11,16-24H,5-10,12-15H2,1-4H3. The van der Waals surface area contributed by atoms with E-state index >= 15 is 0 Å². The van der Waals surface area contributed by atoms with Gasteiger partial charge in [-0.05, 0) is 82.7 Å². The summed E-state index contributed by atoms with van der Waals surface area (Å²) in [7, 11) is 0. The SMILES string of the molecule is CC(C)c1cccc(C(C)C)c1-c1cc(C2CCCCC2)cc(C2CCCCC2)c1. The van der Waals surface area contributed by atoms with E-state index in [0.29, 0.717) is 11.8 Å². The van der Waals surface area contributed by atoms with Crippen LogP contribution in [0.4, 0.5) is 0 Å². The van der Waals surface area contributed by atoms with Gasteiger partial charge in [0, 0.05) is 0 Å². The lowest BCUT2D eigenvalue weighted by molar-refractivity contribution is 0.435. The van der Waals surface area contributed by atoms with Gasteiger partial charge < -0.3 is 0 Å². The minimum Gasteiger partial charge on any atom is -0.0617 e. The smallest absolute Gasteiger partial charge is 0.0114 e. The van der Waals surface area contributed by atoms with Crippen LogP contribution in [0.1, 0.15) is 138 Å². The van der Waals surface area contributed by atoms with E-state index in [1.165, 1.54) is 86.5 Å². The molecule has 0 radical (unpaired) electrons. The molecule has 0 aromatic heterocycles. The van der Waals surface area contributed by atoms with Gasteiger partial charge in [0.1, 0.15) is 0 Å². The molecule has 2 saturated carbocycles. The molecule has 2 aliphatic carbocycles. The van der Waals surface area contributed by atoms with E-state index in [0.717, 1.165) is 11.8 Å². The Morgan fingerprint density at radius 1 is 0.600 bits per heavy atom. The molecule has 2 aromatic carbocycles. The van der Waals surface area contributed by atoms with Gasteiger partial charge in [-0.15, -0.1) is 0 Å². The summed E-state index contributed by atoms with van der Waals surface area (Å²) < 4.78 is 0. The Hall–Kier alpha value is -1.56. The van der Waals surface area contributed by atoms with Crippen molar-refractivity contribution in [2.75, 3.05) is 0 Å². The summed E-state index contributed by atoms with van der Waals surface area (Å²) in [5, 5.41) is 0. The van der Waals surface area contributed by atoms with E-state index < -0.39 is 0 Å². The van der Waals surface area contributed by atoms with Gasteiger partial charge in [0.15, 0.2) is 0 Å². The van der Waals surface area contributed by atoms with Gasteiger partial charge >= 0.3 is 0 Å². The molecule has 0 aliphatic heterocycles. The second-order valence-corrected chi connectivity index (χ2v) is 10.7. The average molecular weight is 403 g/mol. The summed E-state index contributed by atoms with van der Waals surface area (Å²) in [6, 6.07) is 14.8. The van der Waals surface area contributed by atoms with Crippen molar-refractivity contribution >= 4 is 0 Å². The molecular weight excluding hydrogens is 360 g/mol. The Morgan fingerprint density at radius 3 is 1.43 bits per heavy atom. The molecule has 4 rings (SSSR count). The highest BCUT2D eigenvalue weighted by atomic mass is 14.3. The molecule has 0 spiro atoms. The van der Waals surface area contributed by atoms with Gasteiger partial charge in [-0.1, -0.05) is 103 Å². The quantitative estimate of drug-likeness (QED) is 0.467. The number of hydrogen-bond donors (Lipinski definition) is 0. The van der Waals surface area contributed by atoms with Crippen molar-refractivity contribution in [1.82, 2.24) is 0 Å². The van der Waals surface area contributed by atoms with E-state index in [9.17, 15) is 0 Å². The lowest BCUT2D eigenvalue weighted by atomic mass is 9.77. The molecule has 0 heteroatoms. The maximum absolute atomic E-state index is 2.63. The normalized spacial score (nSPS) is 19.0. The monoisotopic (exact) mass is 402 g/mol. The molecule has 2 aliphatic rings. The van der Waals surface area contributed by atoms with Crippen LogP contribution in [0.5, 0.6) is 0 Å². The van der Waals surface area contributed by atoms with Gasteiger partial charge in [-0.3, -0.25) is 0 Å². The zero-order chi connectivity index (χ0) is 21.1. The summed E-state index contributed by atoms with van der Waals surface area (Å²) in [6.45, 7) is 9.43. The highest BCUT2D eigenvalue weighted by Gasteiger charge is 2.23. The highest BCUT2D eigenvalue weighted by Crippen LogP contribution is 2.42. The van der Waals surface area contributed by atoms with E-state index in [1.807, 2.05) is 0 Å². The van der Waals surface area contributed by atoms with Crippen LogP contribution in [0.15, 0.2) is 36.4 Å². The first-order chi connectivity index (χ1) is 14.5. The first kappa shape index (κ1) is 21.7. The van der Waals surface area contributed by atoms with Crippen molar-refractivity contribution in [2.24, 2.45) is 0 Å². The van der Waals surface area contributed by atoms with Crippen LogP contribution in [0, 0.1) is 0 Å². The average Bonchev–Trinajstić information content (AvgIpc) is 2.79. The molecule has 0 heterocycles. The minimum absolute atomic E-state index is 0.551. The second kappa shape index (κ2) is 9.71. The Bertz CT molecular complexity index is 767. The van der Waals surface area contributed by atoms with Crippen molar-refractivity contribution in [2.45, 2.75) is 116 Å². The van der Waals surface area contributed by atoms with E-state index in [-0.39, 0.29) is 0 Å². The van der Waals surface area contributed by atoms with Crippen molar-refractivity contribution in [3.05, 3.63) is 58.7 Å². The molecular formula is C30H42. The number of rotatable bonds is 5. The fourth-order valence-electron chi connectivity index (χ4n) is 6.05. The van der Waals surface area contributed by atoms with Crippen LogP contribution in [-0.2, 0) is 0 Å². The highest BCUT2D eigenvalue weighted by molar-refractivity contribution is 5.74. The molecule has 0 atom stereocenters. The number of benzene rings is 2. The minimum atomic E-state index is 0.551. The molecule has 0 bridgehead atoms. The fourth-order valence-corrected chi connectivity index (χ4v) is 6.05. The maximum Gasteiger partial charge on any atom is -0.0114 e. The van der Waals surface area contributed by atoms with E-state index in [4.69, 9.17) is 0 Å². The van der Waals surface area contributed by atoms with Gasteiger partial charge in [0.25, 0.3) is 0 Å². The Morgan fingerprint density at radius 2 is 1.03 bits per heavy atom. The summed E-state index contributed by atoms with van der Waals surface area (Å²) in [4.78, 5) is 0. The molecule has 30 heavy (non-hydrogen) atoms. The predicted molar refractivity (Wildman–Crippen MR) is 132 cm³/mol. The largest absolute Gasteiger partial charge is 0.0617 e. The van der Waals surface area contributed by atoms with Crippen molar-refractivity contribution in [3.63, 3.8) is 0 Å². The van der Waals surface area contributed by atoms with Crippen LogP contribution in [0.2, 0.25) is 0 Å².